The van der Waals surface area contributed by atoms with E-state index in [-0.39, 0.29) is 0 Å². The van der Waals surface area contributed by atoms with Crippen molar-refractivity contribution in [2.45, 2.75) is 51.5 Å². The van der Waals surface area contributed by atoms with Crippen molar-refractivity contribution in [1.29, 1.82) is 0 Å². The topological polar surface area (TPSA) is 35.6 Å². The highest BCUT2D eigenvalue weighted by Crippen LogP contribution is 2.38. The highest BCUT2D eigenvalue weighted by atomic mass is 35.5. The minimum atomic E-state index is 0.473. The summed E-state index contributed by atoms with van der Waals surface area (Å²) in [5, 5.41) is 4.59. The Morgan fingerprint density at radius 3 is 2.74 bits per heavy atom. The summed E-state index contributed by atoms with van der Waals surface area (Å²) in [4.78, 5) is 4.75. The molecule has 4 nitrogen and oxygen atoms in total. The lowest BCUT2D eigenvalue weighted by Gasteiger charge is -2.20. The van der Waals surface area contributed by atoms with E-state index in [0.717, 1.165) is 29.1 Å². The summed E-state index contributed by atoms with van der Waals surface area (Å²) >= 11 is 6.12. The first-order chi connectivity index (χ1) is 9.17. The standard InChI is InChI=1S/C14H21ClN4/c1-4-10-13-14(18(3)17-10)19(12(8-15)16-13)11-7-5-6-9(11)2/h9,11H,4-8H2,1-3H3. The van der Waals surface area contributed by atoms with Gasteiger partial charge in [0.2, 0.25) is 0 Å². The molecule has 2 aromatic heterocycles. The van der Waals surface area contributed by atoms with Crippen LogP contribution in [0.2, 0.25) is 0 Å². The van der Waals surface area contributed by atoms with Gasteiger partial charge in [-0.3, -0.25) is 4.68 Å². The number of imidazole rings is 1. The van der Waals surface area contributed by atoms with Crippen LogP contribution in [0, 0.1) is 5.92 Å². The SMILES string of the molecule is CCc1nn(C)c2c1nc(CCl)n2C1CCCC1C. The zero-order valence-electron chi connectivity index (χ0n) is 11.9. The van der Waals surface area contributed by atoms with Crippen molar-refractivity contribution in [2.75, 3.05) is 0 Å². The molecular weight excluding hydrogens is 260 g/mol. The molecule has 0 N–H and O–H groups in total. The van der Waals surface area contributed by atoms with Crippen LogP contribution < -0.4 is 0 Å². The minimum absolute atomic E-state index is 0.473. The molecule has 0 aliphatic heterocycles. The maximum atomic E-state index is 6.12. The van der Waals surface area contributed by atoms with Crippen molar-refractivity contribution in [3.63, 3.8) is 0 Å². The van der Waals surface area contributed by atoms with Crippen LogP contribution in [0.25, 0.3) is 11.2 Å². The molecule has 5 heteroatoms. The van der Waals surface area contributed by atoms with E-state index in [1.165, 1.54) is 19.3 Å². The minimum Gasteiger partial charge on any atom is -0.309 e. The first kappa shape index (κ1) is 13.0. The number of alkyl halides is 1. The normalized spacial score (nSPS) is 23.6. The van der Waals surface area contributed by atoms with Crippen molar-refractivity contribution in [1.82, 2.24) is 19.3 Å². The van der Waals surface area contributed by atoms with E-state index >= 15 is 0 Å². The first-order valence-electron chi connectivity index (χ1n) is 7.16. The van der Waals surface area contributed by atoms with Crippen LogP contribution in [-0.4, -0.2) is 19.3 Å². The summed E-state index contributed by atoms with van der Waals surface area (Å²) in [7, 11) is 2.01. The van der Waals surface area contributed by atoms with E-state index in [1.807, 2.05) is 11.7 Å². The first-order valence-corrected chi connectivity index (χ1v) is 7.69. The van der Waals surface area contributed by atoms with Gasteiger partial charge in [0.25, 0.3) is 0 Å². The Morgan fingerprint density at radius 2 is 2.16 bits per heavy atom. The van der Waals surface area contributed by atoms with E-state index in [2.05, 4.69) is 23.5 Å². The monoisotopic (exact) mass is 280 g/mol. The summed E-state index contributed by atoms with van der Waals surface area (Å²) in [5.74, 6) is 2.17. The fourth-order valence-corrected chi connectivity index (χ4v) is 3.63. The van der Waals surface area contributed by atoms with Gasteiger partial charge in [-0.2, -0.15) is 5.10 Å². The smallest absolute Gasteiger partial charge is 0.158 e. The van der Waals surface area contributed by atoms with Gasteiger partial charge in [0.05, 0.1) is 11.6 Å². The number of hydrogen-bond acceptors (Lipinski definition) is 2. The number of fused-ring (bicyclic) bond motifs is 1. The third-order valence-corrected chi connectivity index (χ3v) is 4.65. The molecule has 2 atom stereocenters. The molecule has 1 aliphatic rings. The summed E-state index contributed by atoms with van der Waals surface area (Å²) < 4.78 is 4.33. The van der Waals surface area contributed by atoms with E-state index < -0.39 is 0 Å². The summed E-state index contributed by atoms with van der Waals surface area (Å²) in [6.45, 7) is 4.46. The van der Waals surface area contributed by atoms with Crippen LogP contribution in [-0.2, 0) is 19.3 Å². The van der Waals surface area contributed by atoms with Gasteiger partial charge in [0.1, 0.15) is 11.3 Å². The summed E-state index contributed by atoms with van der Waals surface area (Å²) in [5.41, 5.74) is 3.26. The van der Waals surface area contributed by atoms with E-state index in [4.69, 9.17) is 16.6 Å². The number of hydrogen-bond donors (Lipinski definition) is 0. The van der Waals surface area contributed by atoms with Gasteiger partial charge in [-0.15, -0.1) is 11.6 Å². The second-order valence-electron chi connectivity index (χ2n) is 5.60. The van der Waals surface area contributed by atoms with Crippen LogP contribution in [0.1, 0.15) is 50.7 Å². The molecule has 19 heavy (non-hydrogen) atoms. The fraction of sp³-hybridized carbons (Fsp3) is 0.714. The van der Waals surface area contributed by atoms with Crippen LogP contribution >= 0.6 is 11.6 Å². The van der Waals surface area contributed by atoms with Crippen LogP contribution in [0.15, 0.2) is 0 Å². The Bertz CT molecular complexity index is 598. The number of rotatable bonds is 3. The number of nitrogens with zero attached hydrogens (tertiary/aromatic N) is 4. The summed E-state index contributed by atoms with van der Waals surface area (Å²) in [6.07, 6.45) is 4.73. The predicted octanol–water partition coefficient (Wildman–Crippen LogP) is 3.43. The highest BCUT2D eigenvalue weighted by Gasteiger charge is 2.30. The van der Waals surface area contributed by atoms with Gasteiger partial charge in [-0.05, 0) is 25.2 Å². The zero-order chi connectivity index (χ0) is 13.6. The Morgan fingerprint density at radius 1 is 1.37 bits per heavy atom. The molecule has 0 aromatic carbocycles. The molecule has 0 bridgehead atoms. The van der Waals surface area contributed by atoms with Gasteiger partial charge in [0, 0.05) is 13.1 Å². The second kappa shape index (κ2) is 4.82. The lowest BCUT2D eigenvalue weighted by Crippen LogP contribution is -2.16. The van der Waals surface area contributed by atoms with E-state index in [0.29, 0.717) is 17.8 Å². The van der Waals surface area contributed by atoms with Gasteiger partial charge in [-0.1, -0.05) is 20.3 Å². The van der Waals surface area contributed by atoms with Gasteiger partial charge in [0.15, 0.2) is 5.65 Å². The van der Waals surface area contributed by atoms with Crippen molar-refractivity contribution >= 4 is 22.8 Å². The van der Waals surface area contributed by atoms with Crippen molar-refractivity contribution in [3.8, 4) is 0 Å². The number of aryl methyl sites for hydroxylation is 2. The molecule has 0 radical (unpaired) electrons. The molecule has 1 fully saturated rings. The number of aromatic nitrogens is 4. The van der Waals surface area contributed by atoms with Crippen molar-refractivity contribution in [3.05, 3.63) is 11.5 Å². The predicted molar refractivity (Wildman–Crippen MR) is 77.5 cm³/mol. The van der Waals surface area contributed by atoms with E-state index in [9.17, 15) is 0 Å². The number of halogens is 1. The molecule has 0 saturated heterocycles. The highest BCUT2D eigenvalue weighted by molar-refractivity contribution is 6.16. The molecular formula is C14H21ClN4. The summed E-state index contributed by atoms with van der Waals surface area (Å²) in [6, 6.07) is 0.527. The zero-order valence-corrected chi connectivity index (χ0v) is 12.6. The lowest BCUT2D eigenvalue weighted by molar-refractivity contribution is 0.403. The Balaban J connectivity index is 2.23. The average Bonchev–Trinajstić information content (AvgIpc) is 3.05. The van der Waals surface area contributed by atoms with Crippen molar-refractivity contribution < 1.29 is 0 Å². The molecule has 1 aliphatic carbocycles. The largest absolute Gasteiger partial charge is 0.309 e. The molecule has 2 aromatic rings. The van der Waals surface area contributed by atoms with Crippen molar-refractivity contribution in [2.24, 2.45) is 13.0 Å². The molecule has 1 saturated carbocycles. The second-order valence-corrected chi connectivity index (χ2v) is 5.87. The third kappa shape index (κ3) is 1.88. The quantitative estimate of drug-likeness (QED) is 0.808. The van der Waals surface area contributed by atoms with Crippen LogP contribution in [0.5, 0.6) is 0 Å². The Hall–Kier alpha value is -1.03. The van der Waals surface area contributed by atoms with Gasteiger partial charge in [-0.25, -0.2) is 4.98 Å². The molecule has 104 valence electrons. The van der Waals surface area contributed by atoms with Gasteiger partial charge >= 0.3 is 0 Å². The molecule has 0 spiro atoms. The van der Waals surface area contributed by atoms with Crippen LogP contribution in [0.3, 0.4) is 0 Å². The van der Waals surface area contributed by atoms with Gasteiger partial charge < -0.3 is 4.57 Å². The third-order valence-electron chi connectivity index (χ3n) is 4.41. The maximum Gasteiger partial charge on any atom is 0.158 e. The molecule has 2 heterocycles. The Kier molecular flexibility index (Phi) is 3.29. The maximum absolute atomic E-state index is 6.12. The molecule has 3 rings (SSSR count). The lowest BCUT2D eigenvalue weighted by atomic mass is 10.1. The molecule has 2 unspecified atom stereocenters. The fourth-order valence-electron chi connectivity index (χ4n) is 3.44. The van der Waals surface area contributed by atoms with Crippen LogP contribution in [0.4, 0.5) is 0 Å². The van der Waals surface area contributed by atoms with E-state index in [1.54, 1.807) is 0 Å². The Labute approximate surface area is 118 Å². The average molecular weight is 281 g/mol. The molecule has 0 amide bonds.